The number of aryl methyl sites for hydroxylation is 2. The average molecular weight is 355 g/mol. The highest BCUT2D eigenvalue weighted by atomic mass is 32.2. The van der Waals surface area contributed by atoms with Crippen molar-refractivity contribution in [2.45, 2.75) is 29.9 Å². The maximum absolute atomic E-state index is 13.0. The molecule has 128 valence electrons. The van der Waals surface area contributed by atoms with E-state index in [1.807, 2.05) is 13.8 Å². The van der Waals surface area contributed by atoms with Crippen LogP contribution in [0.5, 0.6) is 0 Å². The molecule has 0 aliphatic heterocycles. The predicted molar refractivity (Wildman–Crippen MR) is 91.8 cm³/mol. The minimum Gasteiger partial charge on any atom is -0.480 e. The summed E-state index contributed by atoms with van der Waals surface area (Å²) in [7, 11) is -3.96. The van der Waals surface area contributed by atoms with Crippen LogP contribution in [0.3, 0.4) is 0 Å². The molecule has 5 nitrogen and oxygen atoms in total. The lowest BCUT2D eigenvalue weighted by atomic mass is 10.00. The van der Waals surface area contributed by atoms with E-state index in [9.17, 15) is 23.6 Å². The molecule has 0 bridgehead atoms. The van der Waals surface area contributed by atoms with Gasteiger partial charge in [-0.3, -0.25) is 4.79 Å². The molecule has 2 aromatic carbocycles. The van der Waals surface area contributed by atoms with E-state index in [1.54, 1.807) is 42.5 Å². The fraction of sp³-hybridized carbons (Fsp3) is 0.263. The third kappa shape index (κ3) is 2.52. The van der Waals surface area contributed by atoms with Crippen LogP contribution >= 0.6 is 0 Å². The third-order valence-corrected chi connectivity index (χ3v) is 7.03. The molecule has 0 saturated heterocycles. The van der Waals surface area contributed by atoms with Gasteiger partial charge in [-0.25, -0.2) is 8.42 Å². The standard InChI is InChI=1S/C19H17NO4S/c1-12-3-7-14(8-4-12)16-17(19(16,11-20)18(21)22)25(23,24)15-9-5-13(2)6-10-15/h3-10,16-17H,1-2H3,(H,21,22). The number of carboxylic acids is 1. The molecule has 6 heteroatoms. The molecule has 3 atom stereocenters. The first-order valence-electron chi connectivity index (χ1n) is 7.77. The number of nitriles is 1. The molecule has 0 heterocycles. The van der Waals surface area contributed by atoms with Gasteiger partial charge in [-0.1, -0.05) is 47.5 Å². The van der Waals surface area contributed by atoms with E-state index in [0.717, 1.165) is 11.1 Å². The largest absolute Gasteiger partial charge is 0.480 e. The summed E-state index contributed by atoms with van der Waals surface area (Å²) in [4.78, 5) is 11.9. The molecule has 1 saturated carbocycles. The lowest BCUT2D eigenvalue weighted by Gasteiger charge is -2.05. The van der Waals surface area contributed by atoms with Crippen LogP contribution in [0, 0.1) is 30.6 Å². The third-order valence-electron chi connectivity index (χ3n) is 4.79. The van der Waals surface area contributed by atoms with Crippen LogP contribution in [0.25, 0.3) is 0 Å². The van der Waals surface area contributed by atoms with E-state index < -0.39 is 32.4 Å². The summed E-state index contributed by atoms with van der Waals surface area (Å²) in [5, 5.41) is 17.9. The van der Waals surface area contributed by atoms with Crippen molar-refractivity contribution in [1.29, 1.82) is 5.26 Å². The Morgan fingerprint density at radius 1 is 1.04 bits per heavy atom. The normalized spacial score (nSPS) is 25.2. The number of aliphatic carboxylic acids is 1. The van der Waals surface area contributed by atoms with Gasteiger partial charge >= 0.3 is 5.97 Å². The molecular weight excluding hydrogens is 338 g/mol. The number of carboxylic acid groups (broad SMARTS) is 1. The van der Waals surface area contributed by atoms with Gasteiger partial charge in [0.2, 0.25) is 0 Å². The number of sulfone groups is 1. The SMILES string of the molecule is Cc1ccc(C2C(S(=O)(=O)c3ccc(C)cc3)C2(C#N)C(=O)O)cc1. The summed E-state index contributed by atoms with van der Waals surface area (Å²) in [6, 6.07) is 15.0. The first kappa shape index (κ1) is 17.2. The molecule has 25 heavy (non-hydrogen) atoms. The smallest absolute Gasteiger partial charge is 0.326 e. The number of hydrogen-bond donors (Lipinski definition) is 1. The Hall–Kier alpha value is -2.65. The Morgan fingerprint density at radius 2 is 1.52 bits per heavy atom. The molecule has 0 amide bonds. The Morgan fingerprint density at radius 3 is 1.96 bits per heavy atom. The molecule has 0 spiro atoms. The molecule has 1 aliphatic rings. The van der Waals surface area contributed by atoms with E-state index in [-0.39, 0.29) is 4.90 Å². The minimum absolute atomic E-state index is 0.0404. The Bertz CT molecular complexity index is 972. The van der Waals surface area contributed by atoms with E-state index in [4.69, 9.17) is 0 Å². The maximum Gasteiger partial charge on any atom is 0.326 e. The topological polar surface area (TPSA) is 95.2 Å². The highest BCUT2D eigenvalue weighted by molar-refractivity contribution is 7.92. The first-order chi connectivity index (χ1) is 11.7. The van der Waals surface area contributed by atoms with E-state index in [2.05, 4.69) is 0 Å². The zero-order chi connectivity index (χ0) is 18.4. The van der Waals surface area contributed by atoms with Gasteiger partial charge in [0.1, 0.15) is 5.25 Å². The minimum atomic E-state index is -3.96. The zero-order valence-corrected chi connectivity index (χ0v) is 14.6. The first-order valence-corrected chi connectivity index (χ1v) is 9.31. The van der Waals surface area contributed by atoms with Crippen LogP contribution in [0.1, 0.15) is 22.6 Å². The highest BCUT2D eigenvalue weighted by Crippen LogP contribution is 2.63. The van der Waals surface area contributed by atoms with E-state index >= 15 is 0 Å². The molecule has 0 radical (unpaired) electrons. The zero-order valence-electron chi connectivity index (χ0n) is 13.8. The number of benzene rings is 2. The summed E-state index contributed by atoms with van der Waals surface area (Å²) in [6.07, 6.45) is 0. The summed E-state index contributed by atoms with van der Waals surface area (Å²) < 4.78 is 26.0. The van der Waals surface area contributed by atoms with Crippen molar-refractivity contribution >= 4 is 15.8 Å². The fourth-order valence-corrected chi connectivity index (χ4v) is 5.55. The van der Waals surface area contributed by atoms with Crippen molar-refractivity contribution in [2.75, 3.05) is 0 Å². The van der Waals surface area contributed by atoms with Crippen molar-refractivity contribution in [1.82, 2.24) is 0 Å². The van der Waals surface area contributed by atoms with Crippen molar-refractivity contribution in [3.63, 3.8) is 0 Å². The number of nitrogens with zero attached hydrogens (tertiary/aromatic N) is 1. The molecule has 3 rings (SSSR count). The number of rotatable bonds is 4. The quantitative estimate of drug-likeness (QED) is 0.910. The average Bonchev–Trinajstić information content (AvgIpc) is 3.27. The lowest BCUT2D eigenvalue weighted by Crippen LogP contribution is -2.22. The lowest BCUT2D eigenvalue weighted by molar-refractivity contribution is -0.141. The van der Waals surface area contributed by atoms with Gasteiger partial charge in [0.25, 0.3) is 0 Å². The van der Waals surface area contributed by atoms with Gasteiger partial charge in [0.05, 0.1) is 11.0 Å². The Kier molecular flexibility index (Phi) is 3.92. The van der Waals surface area contributed by atoms with Crippen LogP contribution < -0.4 is 0 Å². The van der Waals surface area contributed by atoms with Gasteiger partial charge in [0.15, 0.2) is 15.3 Å². The second-order valence-corrected chi connectivity index (χ2v) is 8.52. The fourth-order valence-electron chi connectivity index (χ4n) is 3.30. The number of hydrogen-bond acceptors (Lipinski definition) is 4. The van der Waals surface area contributed by atoms with E-state index in [1.165, 1.54) is 12.1 Å². The molecule has 1 aliphatic carbocycles. The van der Waals surface area contributed by atoms with Gasteiger partial charge in [-0.2, -0.15) is 5.26 Å². The summed E-state index contributed by atoms with van der Waals surface area (Å²) in [5.74, 6) is -2.29. The molecule has 0 aromatic heterocycles. The van der Waals surface area contributed by atoms with Crippen molar-refractivity contribution in [3.05, 3.63) is 65.2 Å². The molecule has 2 aromatic rings. The van der Waals surface area contributed by atoms with Gasteiger partial charge < -0.3 is 5.11 Å². The second kappa shape index (κ2) is 5.71. The molecule has 3 unspecified atom stereocenters. The number of carbonyl (C=O) groups is 1. The van der Waals surface area contributed by atoms with Crippen LogP contribution in [-0.2, 0) is 14.6 Å². The van der Waals surface area contributed by atoms with Gasteiger partial charge in [-0.05, 0) is 31.5 Å². The van der Waals surface area contributed by atoms with Gasteiger partial charge in [-0.15, -0.1) is 0 Å². The molecule has 1 N–H and O–H groups in total. The molecular formula is C19H17NO4S. The maximum atomic E-state index is 13.0. The Balaban J connectivity index is 2.12. The summed E-state index contributed by atoms with van der Waals surface area (Å²) in [6.45, 7) is 3.71. The van der Waals surface area contributed by atoms with Crippen molar-refractivity contribution < 1.29 is 18.3 Å². The summed E-state index contributed by atoms with van der Waals surface area (Å²) >= 11 is 0. The van der Waals surface area contributed by atoms with Crippen LogP contribution in [0.4, 0.5) is 0 Å². The van der Waals surface area contributed by atoms with Crippen LogP contribution in [0.15, 0.2) is 53.4 Å². The van der Waals surface area contributed by atoms with E-state index in [0.29, 0.717) is 5.56 Å². The second-order valence-electron chi connectivity index (χ2n) is 6.45. The summed E-state index contributed by atoms with van der Waals surface area (Å²) in [5.41, 5.74) is 0.462. The van der Waals surface area contributed by atoms with Crippen molar-refractivity contribution in [3.8, 4) is 6.07 Å². The van der Waals surface area contributed by atoms with Crippen LogP contribution in [0.2, 0.25) is 0 Å². The monoisotopic (exact) mass is 355 g/mol. The predicted octanol–water partition coefficient (Wildman–Crippen LogP) is 2.84. The van der Waals surface area contributed by atoms with Gasteiger partial charge in [0, 0.05) is 5.92 Å². The van der Waals surface area contributed by atoms with Crippen LogP contribution in [-0.4, -0.2) is 24.7 Å². The Labute approximate surface area is 146 Å². The van der Waals surface area contributed by atoms with Crippen molar-refractivity contribution in [2.24, 2.45) is 5.41 Å². The highest BCUT2D eigenvalue weighted by Gasteiger charge is 2.77. The molecule has 1 fully saturated rings.